The third-order valence-electron chi connectivity index (χ3n) is 6.03. The molecule has 4 aromatic carbocycles. The molecule has 0 heterocycles. The fraction of sp³-hybridized carbons (Fsp3) is 0.133. The lowest BCUT2D eigenvalue weighted by Gasteiger charge is -2.17. The Labute approximate surface area is 228 Å². The first-order chi connectivity index (χ1) is 19.1. The van der Waals surface area contributed by atoms with Crippen LogP contribution in [0.2, 0.25) is 0 Å². The Hall–Kier alpha value is -4.99. The third kappa shape index (κ3) is 6.52. The molecule has 40 heavy (non-hydrogen) atoms. The summed E-state index contributed by atoms with van der Waals surface area (Å²) in [5.41, 5.74) is 1.59. The third-order valence-corrected chi connectivity index (χ3v) is 6.03. The van der Waals surface area contributed by atoms with Gasteiger partial charge in [-0.15, -0.1) is 0 Å². The van der Waals surface area contributed by atoms with E-state index >= 15 is 0 Å². The van der Waals surface area contributed by atoms with Gasteiger partial charge in [-0.25, -0.2) is 9.59 Å². The molecule has 0 saturated heterocycles. The summed E-state index contributed by atoms with van der Waals surface area (Å²) < 4.78 is 49.9. The highest BCUT2D eigenvalue weighted by Crippen LogP contribution is 2.37. The number of hydrogen-bond acceptors (Lipinski definition) is 4. The molecular formula is C30H25F3N2O5. The molecule has 0 radical (unpaired) electrons. The molecule has 0 unspecified atom stereocenters. The van der Waals surface area contributed by atoms with Crippen LogP contribution in [0.25, 0.3) is 11.1 Å². The number of para-hydroxylation sites is 1. The van der Waals surface area contributed by atoms with E-state index in [1.54, 1.807) is 30.3 Å². The van der Waals surface area contributed by atoms with Crippen LogP contribution in [-0.4, -0.2) is 24.2 Å². The van der Waals surface area contributed by atoms with Gasteiger partial charge in [-0.1, -0.05) is 37.3 Å². The Morgan fingerprint density at radius 3 is 2.10 bits per heavy atom. The minimum Gasteiger partial charge on any atom is -0.496 e. The van der Waals surface area contributed by atoms with Gasteiger partial charge in [0.05, 0.1) is 18.4 Å². The van der Waals surface area contributed by atoms with Gasteiger partial charge in [-0.3, -0.25) is 0 Å². The summed E-state index contributed by atoms with van der Waals surface area (Å²) in [5, 5.41) is 14.8. The van der Waals surface area contributed by atoms with E-state index in [0.29, 0.717) is 29.0 Å². The number of carbonyl (C=O) groups is 2. The number of amides is 2. The average Bonchev–Trinajstić information content (AvgIpc) is 2.93. The van der Waals surface area contributed by atoms with Crippen LogP contribution in [0.1, 0.15) is 28.4 Å². The number of carboxylic acid groups (broad SMARTS) is 1. The van der Waals surface area contributed by atoms with Gasteiger partial charge in [0.2, 0.25) is 0 Å². The lowest BCUT2D eigenvalue weighted by atomic mass is 10.0. The summed E-state index contributed by atoms with van der Waals surface area (Å²) in [4.78, 5) is 24.6. The standard InChI is InChI=1S/C30H25F3N2O5/c1-3-18-6-4-5-7-25(18)40-27-15-9-20(19-8-14-26(39-2)23(16-19)28(36)37)17-24(27)35-29(38)34-22-12-10-21(11-13-22)30(31,32)33/h4-17H,3H2,1-2H3,(H,36,37)(H2,34,35,38). The van der Waals surface area contributed by atoms with E-state index in [1.807, 2.05) is 25.1 Å². The second kappa shape index (κ2) is 11.8. The second-order valence-electron chi connectivity index (χ2n) is 8.65. The highest BCUT2D eigenvalue weighted by molar-refractivity contribution is 6.01. The van der Waals surface area contributed by atoms with Crippen LogP contribution in [0.4, 0.5) is 29.3 Å². The molecule has 0 aliphatic rings. The van der Waals surface area contributed by atoms with E-state index in [2.05, 4.69) is 10.6 Å². The monoisotopic (exact) mass is 550 g/mol. The largest absolute Gasteiger partial charge is 0.496 e. The van der Waals surface area contributed by atoms with Crippen LogP contribution in [0.3, 0.4) is 0 Å². The first kappa shape index (κ1) is 28.0. The SMILES string of the molecule is CCc1ccccc1Oc1ccc(-c2ccc(OC)c(C(=O)O)c2)cc1NC(=O)Nc1ccc(C(F)(F)F)cc1. The van der Waals surface area contributed by atoms with E-state index in [9.17, 15) is 27.9 Å². The number of anilines is 2. The van der Waals surface area contributed by atoms with Gasteiger partial charge >= 0.3 is 18.2 Å². The highest BCUT2D eigenvalue weighted by Gasteiger charge is 2.30. The Balaban J connectivity index is 1.68. The van der Waals surface area contributed by atoms with Crippen LogP contribution in [0, 0.1) is 0 Å². The van der Waals surface area contributed by atoms with Crippen molar-refractivity contribution in [3.8, 4) is 28.4 Å². The molecule has 4 rings (SSSR count). The van der Waals surface area contributed by atoms with Gasteiger partial charge < -0.3 is 25.2 Å². The number of ether oxygens (including phenoxy) is 2. The van der Waals surface area contributed by atoms with Crippen molar-refractivity contribution < 1.29 is 37.3 Å². The molecule has 206 valence electrons. The van der Waals surface area contributed by atoms with Crippen molar-refractivity contribution in [3.63, 3.8) is 0 Å². The molecule has 10 heteroatoms. The van der Waals surface area contributed by atoms with Gasteiger partial charge in [-0.05, 0) is 77.7 Å². The zero-order valence-electron chi connectivity index (χ0n) is 21.5. The first-order valence-electron chi connectivity index (χ1n) is 12.2. The van der Waals surface area contributed by atoms with Crippen LogP contribution in [0.15, 0.2) is 84.9 Å². The van der Waals surface area contributed by atoms with Gasteiger partial charge in [0, 0.05) is 5.69 Å². The summed E-state index contributed by atoms with van der Waals surface area (Å²) in [5.74, 6) is -0.0773. The van der Waals surface area contributed by atoms with Crippen LogP contribution < -0.4 is 20.1 Å². The Kier molecular flexibility index (Phi) is 8.28. The maximum atomic E-state index is 12.9. The molecular weight excluding hydrogens is 525 g/mol. The molecule has 0 aliphatic heterocycles. The summed E-state index contributed by atoms with van der Waals surface area (Å²) in [6, 6.07) is 20.4. The van der Waals surface area contributed by atoms with Crippen molar-refractivity contribution in [3.05, 3.63) is 102 Å². The van der Waals surface area contributed by atoms with Gasteiger partial charge in [0.1, 0.15) is 17.1 Å². The summed E-state index contributed by atoms with van der Waals surface area (Å²) in [6.45, 7) is 1.98. The quantitative estimate of drug-likeness (QED) is 0.206. The number of halogens is 3. The summed E-state index contributed by atoms with van der Waals surface area (Å²) in [7, 11) is 1.37. The molecule has 0 atom stereocenters. The van der Waals surface area contributed by atoms with Crippen molar-refractivity contribution >= 4 is 23.4 Å². The number of carbonyl (C=O) groups excluding carboxylic acids is 1. The zero-order valence-corrected chi connectivity index (χ0v) is 21.5. The molecule has 7 nitrogen and oxygen atoms in total. The molecule has 0 fully saturated rings. The van der Waals surface area contributed by atoms with E-state index in [4.69, 9.17) is 9.47 Å². The minimum absolute atomic E-state index is 0.0354. The average molecular weight is 551 g/mol. The van der Waals surface area contributed by atoms with E-state index in [-0.39, 0.29) is 22.7 Å². The number of urea groups is 1. The van der Waals surface area contributed by atoms with E-state index in [0.717, 1.165) is 29.8 Å². The van der Waals surface area contributed by atoms with Crippen LogP contribution in [0.5, 0.6) is 17.2 Å². The molecule has 0 spiro atoms. The second-order valence-corrected chi connectivity index (χ2v) is 8.65. The normalized spacial score (nSPS) is 11.0. The molecule has 0 bridgehead atoms. The van der Waals surface area contributed by atoms with Crippen molar-refractivity contribution in [1.29, 1.82) is 0 Å². The minimum atomic E-state index is -4.50. The molecule has 2 amide bonds. The van der Waals surface area contributed by atoms with Crippen molar-refractivity contribution in [2.24, 2.45) is 0 Å². The van der Waals surface area contributed by atoms with Crippen molar-refractivity contribution in [1.82, 2.24) is 0 Å². The zero-order chi connectivity index (χ0) is 28.9. The number of rotatable bonds is 8. The van der Waals surface area contributed by atoms with Gasteiger partial charge in [0.15, 0.2) is 5.75 Å². The summed E-state index contributed by atoms with van der Waals surface area (Å²) >= 11 is 0. The molecule has 3 N–H and O–H groups in total. The summed E-state index contributed by atoms with van der Waals surface area (Å²) in [6.07, 6.45) is -3.79. The number of alkyl halides is 3. The number of nitrogens with one attached hydrogen (secondary N) is 2. The Morgan fingerprint density at radius 1 is 0.825 bits per heavy atom. The van der Waals surface area contributed by atoms with E-state index in [1.165, 1.54) is 19.2 Å². The molecule has 4 aromatic rings. The Bertz CT molecular complexity index is 1540. The van der Waals surface area contributed by atoms with E-state index < -0.39 is 23.7 Å². The fourth-order valence-corrected chi connectivity index (χ4v) is 3.99. The molecule has 0 saturated carbocycles. The number of methoxy groups -OCH3 is 1. The maximum absolute atomic E-state index is 12.9. The lowest BCUT2D eigenvalue weighted by molar-refractivity contribution is -0.137. The Morgan fingerprint density at radius 2 is 1.48 bits per heavy atom. The highest BCUT2D eigenvalue weighted by atomic mass is 19.4. The number of aromatic carboxylic acids is 1. The van der Waals surface area contributed by atoms with Gasteiger partial charge in [-0.2, -0.15) is 13.2 Å². The molecule has 0 aromatic heterocycles. The van der Waals surface area contributed by atoms with Crippen molar-refractivity contribution in [2.45, 2.75) is 19.5 Å². The van der Waals surface area contributed by atoms with Crippen LogP contribution >= 0.6 is 0 Å². The smallest absolute Gasteiger partial charge is 0.416 e. The molecule has 0 aliphatic carbocycles. The number of carboxylic acids is 1. The first-order valence-corrected chi connectivity index (χ1v) is 12.2. The predicted octanol–water partition coefficient (Wildman–Crippen LogP) is 8.08. The van der Waals surface area contributed by atoms with Crippen molar-refractivity contribution in [2.75, 3.05) is 17.7 Å². The van der Waals surface area contributed by atoms with Gasteiger partial charge in [0.25, 0.3) is 0 Å². The number of hydrogen-bond donors (Lipinski definition) is 3. The predicted molar refractivity (Wildman–Crippen MR) is 145 cm³/mol. The number of benzene rings is 4. The topological polar surface area (TPSA) is 96.9 Å². The number of aryl methyl sites for hydroxylation is 1. The maximum Gasteiger partial charge on any atom is 0.416 e. The van der Waals surface area contributed by atoms with Crippen LogP contribution in [-0.2, 0) is 12.6 Å². The fourth-order valence-electron chi connectivity index (χ4n) is 3.99. The lowest BCUT2D eigenvalue weighted by Crippen LogP contribution is -2.20.